The summed E-state index contributed by atoms with van der Waals surface area (Å²) in [6.07, 6.45) is 2.05. The first-order valence-corrected chi connectivity index (χ1v) is 11.6. The van der Waals surface area contributed by atoms with Gasteiger partial charge in [-0.05, 0) is 47.7 Å². The molecule has 0 saturated carbocycles. The number of aromatic nitrogens is 1. The van der Waals surface area contributed by atoms with Crippen LogP contribution in [0.15, 0.2) is 87.5 Å². The molecule has 0 unspecified atom stereocenters. The summed E-state index contributed by atoms with van der Waals surface area (Å²) in [6, 6.07) is 23.8. The first-order chi connectivity index (χ1) is 14.2. The van der Waals surface area contributed by atoms with Crippen LogP contribution < -0.4 is 0 Å². The number of benzene rings is 3. The van der Waals surface area contributed by atoms with Gasteiger partial charge in [-0.1, -0.05) is 65.8 Å². The van der Waals surface area contributed by atoms with Gasteiger partial charge in [0, 0.05) is 30.8 Å². The molecule has 0 amide bonds. The number of carbonyl (C=O) groups excluding carboxylic acids is 1. The molecule has 0 saturated heterocycles. The predicted octanol–water partition coefficient (Wildman–Crippen LogP) is 7.42. The molecule has 2 nitrogen and oxygen atoms in total. The van der Waals surface area contributed by atoms with Gasteiger partial charge in [0.25, 0.3) is 0 Å². The lowest BCUT2D eigenvalue weighted by Gasteiger charge is -2.17. The lowest BCUT2D eigenvalue weighted by Crippen LogP contribution is -2.07. The Morgan fingerprint density at radius 1 is 0.828 bits per heavy atom. The Morgan fingerprint density at radius 3 is 2.14 bits per heavy atom. The van der Waals surface area contributed by atoms with Crippen molar-refractivity contribution in [3.63, 3.8) is 0 Å². The Morgan fingerprint density at radius 2 is 1.45 bits per heavy atom. The third-order valence-electron chi connectivity index (χ3n) is 5.03. The molecule has 5 heteroatoms. The van der Waals surface area contributed by atoms with Crippen LogP contribution in [0.25, 0.3) is 22.4 Å². The highest BCUT2D eigenvalue weighted by Gasteiger charge is 2.29. The molecule has 1 aliphatic rings. The summed E-state index contributed by atoms with van der Waals surface area (Å²) < 4.78 is 0. The van der Waals surface area contributed by atoms with Gasteiger partial charge in [0.2, 0.25) is 5.78 Å². The number of carbonyl (C=O) groups is 1. The molecule has 0 radical (unpaired) electrons. The van der Waals surface area contributed by atoms with Gasteiger partial charge in [-0.2, -0.15) is 0 Å². The maximum atomic E-state index is 13.6. The molecule has 4 aromatic rings. The molecule has 142 valence electrons. The van der Waals surface area contributed by atoms with Crippen LogP contribution in [0.1, 0.15) is 16.1 Å². The van der Waals surface area contributed by atoms with Crippen LogP contribution in [0.5, 0.6) is 0 Å². The molecule has 0 aliphatic carbocycles. The van der Waals surface area contributed by atoms with E-state index in [-0.39, 0.29) is 5.78 Å². The summed E-state index contributed by atoms with van der Waals surface area (Å²) in [5.74, 6) is 0.0214. The maximum absolute atomic E-state index is 13.6. The minimum absolute atomic E-state index is 0.0214. The van der Waals surface area contributed by atoms with Gasteiger partial charge in [0.05, 0.1) is 11.4 Å². The van der Waals surface area contributed by atoms with Crippen LogP contribution in [0.4, 0.5) is 0 Å². The number of fused-ring (bicyclic) bond motifs is 4. The Labute approximate surface area is 182 Å². The van der Waals surface area contributed by atoms with Gasteiger partial charge in [0.1, 0.15) is 0 Å². The highest BCUT2D eigenvalue weighted by Crippen LogP contribution is 2.48. The van der Waals surface area contributed by atoms with Crippen molar-refractivity contribution in [2.45, 2.75) is 14.7 Å². The summed E-state index contributed by atoms with van der Waals surface area (Å²) in [7, 11) is 0. The third-order valence-corrected chi connectivity index (χ3v) is 7.25. The minimum atomic E-state index is 0.0214. The number of aromatic amines is 1. The molecule has 3 aromatic carbocycles. The van der Waals surface area contributed by atoms with E-state index in [4.69, 9.17) is 11.6 Å². The summed E-state index contributed by atoms with van der Waals surface area (Å²) in [6.45, 7) is 0. The van der Waals surface area contributed by atoms with E-state index in [1.54, 1.807) is 23.5 Å². The van der Waals surface area contributed by atoms with Gasteiger partial charge in [0.15, 0.2) is 0 Å². The van der Waals surface area contributed by atoms with Gasteiger partial charge in [-0.15, -0.1) is 11.8 Å². The second kappa shape index (κ2) is 7.45. The van der Waals surface area contributed by atoms with Crippen molar-refractivity contribution >= 4 is 40.9 Å². The Bertz CT molecular complexity index is 1240. The number of ketones is 1. The van der Waals surface area contributed by atoms with Crippen LogP contribution in [-0.4, -0.2) is 17.0 Å². The van der Waals surface area contributed by atoms with Crippen LogP contribution in [0.2, 0.25) is 5.02 Å². The van der Waals surface area contributed by atoms with Gasteiger partial charge in [-0.25, -0.2) is 0 Å². The lowest BCUT2D eigenvalue weighted by molar-refractivity contribution is 0.103. The monoisotopic (exact) mass is 433 g/mol. The van der Waals surface area contributed by atoms with E-state index in [9.17, 15) is 4.79 Å². The SMILES string of the molecule is CSc1c(-c2ccc(Cl)cc2)[nH]c2c1-c1ccccc1Sc1ccccc1C2=O. The zero-order chi connectivity index (χ0) is 20.0. The quantitative estimate of drug-likeness (QED) is 0.294. The second-order valence-corrected chi connectivity index (χ2v) is 9.05. The predicted molar refractivity (Wildman–Crippen MR) is 122 cm³/mol. The van der Waals surface area contributed by atoms with Crippen LogP contribution in [-0.2, 0) is 0 Å². The largest absolute Gasteiger partial charge is 0.350 e. The van der Waals surface area contributed by atoms with Crippen molar-refractivity contribution < 1.29 is 4.79 Å². The first kappa shape index (κ1) is 18.6. The van der Waals surface area contributed by atoms with Crippen molar-refractivity contribution in [2.24, 2.45) is 0 Å². The zero-order valence-corrected chi connectivity index (χ0v) is 17.9. The second-order valence-electron chi connectivity index (χ2n) is 6.71. The van der Waals surface area contributed by atoms with Crippen molar-refractivity contribution in [2.75, 3.05) is 6.26 Å². The number of hydrogen-bond acceptors (Lipinski definition) is 3. The van der Waals surface area contributed by atoms with Crippen molar-refractivity contribution in [1.29, 1.82) is 0 Å². The summed E-state index contributed by atoms with van der Waals surface area (Å²) >= 11 is 9.39. The van der Waals surface area contributed by atoms with Crippen molar-refractivity contribution in [1.82, 2.24) is 4.98 Å². The number of hydrogen-bond donors (Lipinski definition) is 1. The molecule has 0 fully saturated rings. The average molecular weight is 434 g/mol. The van der Waals surface area contributed by atoms with E-state index in [1.807, 2.05) is 60.7 Å². The third kappa shape index (κ3) is 3.12. The highest BCUT2D eigenvalue weighted by molar-refractivity contribution is 7.99. The maximum Gasteiger partial charge on any atom is 0.211 e. The van der Waals surface area contributed by atoms with Crippen LogP contribution in [0, 0.1) is 0 Å². The van der Waals surface area contributed by atoms with Gasteiger partial charge >= 0.3 is 0 Å². The Balaban J connectivity index is 1.85. The first-order valence-electron chi connectivity index (χ1n) is 9.14. The van der Waals surface area contributed by atoms with Crippen LogP contribution in [0.3, 0.4) is 0 Å². The normalized spacial score (nSPS) is 12.6. The van der Waals surface area contributed by atoms with Crippen molar-refractivity contribution in [3.05, 3.63) is 89.1 Å². The molecular formula is C24H16ClNOS2. The topological polar surface area (TPSA) is 32.9 Å². The van der Waals surface area contributed by atoms with E-state index < -0.39 is 0 Å². The van der Waals surface area contributed by atoms with E-state index in [0.29, 0.717) is 10.7 Å². The Kier molecular flexibility index (Phi) is 4.78. The fourth-order valence-corrected chi connectivity index (χ4v) is 5.69. The molecule has 29 heavy (non-hydrogen) atoms. The highest BCUT2D eigenvalue weighted by atomic mass is 35.5. The lowest BCUT2D eigenvalue weighted by atomic mass is 9.99. The molecule has 1 aliphatic heterocycles. The van der Waals surface area contributed by atoms with Crippen LogP contribution >= 0.6 is 35.1 Å². The zero-order valence-electron chi connectivity index (χ0n) is 15.5. The summed E-state index contributed by atoms with van der Waals surface area (Å²) in [4.78, 5) is 20.2. The number of rotatable bonds is 2. The minimum Gasteiger partial charge on any atom is -0.350 e. The molecule has 0 spiro atoms. The number of thioether (sulfide) groups is 1. The van der Waals surface area contributed by atoms with E-state index in [1.165, 1.54) is 0 Å². The molecular weight excluding hydrogens is 418 g/mol. The fourth-order valence-electron chi connectivity index (χ4n) is 3.69. The van der Waals surface area contributed by atoms with Gasteiger partial charge < -0.3 is 4.98 Å². The molecule has 1 aromatic heterocycles. The average Bonchev–Trinajstić information content (AvgIpc) is 3.13. The Hall–Kier alpha value is -2.40. The molecule has 2 heterocycles. The molecule has 0 atom stereocenters. The standard InChI is InChI=1S/C24H16ClNOS2/c1-28-24-20-16-6-2-4-8-18(16)29-19-9-5-3-7-17(19)23(27)22(20)26-21(24)14-10-12-15(25)13-11-14/h2-13,26H,1H3. The molecule has 1 N–H and O–H groups in total. The number of nitrogens with one attached hydrogen (secondary N) is 1. The fraction of sp³-hybridized carbons (Fsp3) is 0.0417. The van der Waals surface area contributed by atoms with E-state index in [2.05, 4.69) is 23.4 Å². The molecule has 5 rings (SSSR count). The molecule has 0 bridgehead atoms. The summed E-state index contributed by atoms with van der Waals surface area (Å²) in [5, 5.41) is 0.691. The van der Waals surface area contributed by atoms with E-state index >= 15 is 0 Å². The van der Waals surface area contributed by atoms with Crippen molar-refractivity contribution in [3.8, 4) is 22.4 Å². The number of H-pyrrole nitrogens is 1. The van der Waals surface area contributed by atoms with Gasteiger partial charge in [-0.3, -0.25) is 4.79 Å². The number of halogens is 1. The van der Waals surface area contributed by atoms with E-state index in [0.717, 1.165) is 42.6 Å². The summed E-state index contributed by atoms with van der Waals surface area (Å²) in [5.41, 5.74) is 5.38. The smallest absolute Gasteiger partial charge is 0.211 e.